The van der Waals surface area contributed by atoms with Crippen molar-refractivity contribution in [3.8, 4) is 5.75 Å². The van der Waals surface area contributed by atoms with E-state index >= 15 is 0 Å². The Morgan fingerprint density at radius 1 is 1.10 bits per heavy atom. The van der Waals surface area contributed by atoms with E-state index in [4.69, 9.17) is 4.74 Å². The minimum atomic E-state index is -0.0104. The number of carbonyl (C=O) groups excluding carboxylic acids is 1. The topological polar surface area (TPSA) is 26.3 Å². The third-order valence-corrected chi connectivity index (χ3v) is 3.67. The number of Topliss-reactive ketones (excluding diaryl/α,β-unsaturated/α-hetero) is 1. The first-order valence-corrected chi connectivity index (χ1v) is 7.49. The lowest BCUT2D eigenvalue weighted by molar-refractivity contribution is 0.0921. The Balaban J connectivity index is 1.96. The molecule has 0 aromatic heterocycles. The molecular formula is C17H17BrO2. The van der Waals surface area contributed by atoms with E-state index in [2.05, 4.69) is 22.9 Å². The van der Waals surface area contributed by atoms with Crippen molar-refractivity contribution in [1.82, 2.24) is 0 Å². The number of carbonyl (C=O) groups is 1. The standard InChI is InChI=1S/C17H17BrO2/c1-2-5-13-8-10-14(11-9-13)16(19)12-20-17-7-4-3-6-15(17)18/h3-4,6-11H,2,5,12H2,1H3. The number of halogens is 1. The second-order valence-corrected chi connectivity index (χ2v) is 5.44. The van der Waals surface area contributed by atoms with Gasteiger partial charge < -0.3 is 4.74 Å². The van der Waals surface area contributed by atoms with Gasteiger partial charge in [0.05, 0.1) is 4.47 Å². The molecule has 2 aromatic rings. The predicted octanol–water partition coefficient (Wildman–Crippen LogP) is 4.66. The third-order valence-electron chi connectivity index (χ3n) is 3.01. The largest absolute Gasteiger partial charge is 0.484 e. The van der Waals surface area contributed by atoms with Crippen LogP contribution in [-0.4, -0.2) is 12.4 Å². The lowest BCUT2D eigenvalue weighted by Gasteiger charge is -2.07. The zero-order valence-corrected chi connectivity index (χ0v) is 13.0. The zero-order valence-electron chi connectivity index (χ0n) is 11.4. The number of ketones is 1. The maximum Gasteiger partial charge on any atom is 0.200 e. The fraction of sp³-hybridized carbons (Fsp3) is 0.235. The first kappa shape index (κ1) is 14.8. The van der Waals surface area contributed by atoms with Gasteiger partial charge in [0.2, 0.25) is 0 Å². The summed E-state index contributed by atoms with van der Waals surface area (Å²) in [4.78, 5) is 12.1. The normalized spacial score (nSPS) is 10.3. The van der Waals surface area contributed by atoms with Crippen LogP contribution in [0.4, 0.5) is 0 Å². The number of hydrogen-bond acceptors (Lipinski definition) is 2. The molecule has 0 spiro atoms. The molecule has 0 atom stereocenters. The molecule has 0 N–H and O–H groups in total. The van der Waals surface area contributed by atoms with Crippen molar-refractivity contribution in [3.05, 3.63) is 64.1 Å². The molecule has 0 saturated carbocycles. The van der Waals surface area contributed by atoms with Crippen molar-refractivity contribution in [2.45, 2.75) is 19.8 Å². The molecule has 0 radical (unpaired) electrons. The molecular weight excluding hydrogens is 316 g/mol. The zero-order chi connectivity index (χ0) is 14.4. The molecule has 0 fully saturated rings. The molecule has 0 aliphatic carbocycles. The van der Waals surface area contributed by atoms with Gasteiger partial charge in [-0.1, -0.05) is 49.7 Å². The van der Waals surface area contributed by atoms with Crippen LogP contribution in [0.15, 0.2) is 53.0 Å². The molecule has 0 aliphatic heterocycles. The van der Waals surface area contributed by atoms with Crippen LogP contribution in [0.1, 0.15) is 29.3 Å². The van der Waals surface area contributed by atoms with Crippen LogP contribution >= 0.6 is 15.9 Å². The summed E-state index contributed by atoms with van der Waals surface area (Å²) in [5.74, 6) is 0.673. The van der Waals surface area contributed by atoms with Gasteiger partial charge in [-0.2, -0.15) is 0 Å². The summed E-state index contributed by atoms with van der Waals surface area (Å²) in [7, 11) is 0. The molecule has 2 aromatic carbocycles. The highest BCUT2D eigenvalue weighted by Crippen LogP contribution is 2.23. The van der Waals surface area contributed by atoms with Crippen molar-refractivity contribution in [2.24, 2.45) is 0 Å². The highest BCUT2D eigenvalue weighted by atomic mass is 79.9. The molecule has 104 valence electrons. The first-order chi connectivity index (χ1) is 9.70. The Morgan fingerprint density at radius 3 is 2.45 bits per heavy atom. The van der Waals surface area contributed by atoms with Crippen LogP contribution in [0, 0.1) is 0 Å². The van der Waals surface area contributed by atoms with Crippen molar-refractivity contribution in [2.75, 3.05) is 6.61 Å². The van der Waals surface area contributed by atoms with Gasteiger partial charge in [-0.25, -0.2) is 0 Å². The van der Waals surface area contributed by atoms with Crippen molar-refractivity contribution in [3.63, 3.8) is 0 Å². The third kappa shape index (κ3) is 3.94. The van der Waals surface area contributed by atoms with E-state index in [0.717, 1.165) is 17.3 Å². The molecule has 2 rings (SSSR count). The maximum atomic E-state index is 12.1. The van der Waals surface area contributed by atoms with Gasteiger partial charge in [0.1, 0.15) is 5.75 Å². The molecule has 0 unspecified atom stereocenters. The molecule has 0 saturated heterocycles. The fourth-order valence-corrected chi connectivity index (χ4v) is 2.33. The molecule has 0 bridgehead atoms. The van der Waals surface area contributed by atoms with Crippen molar-refractivity contribution < 1.29 is 9.53 Å². The van der Waals surface area contributed by atoms with Crippen LogP contribution in [0.5, 0.6) is 5.75 Å². The molecule has 0 amide bonds. The van der Waals surface area contributed by atoms with Gasteiger partial charge in [-0.3, -0.25) is 4.79 Å². The van der Waals surface area contributed by atoms with Gasteiger partial charge in [0.15, 0.2) is 12.4 Å². The van der Waals surface area contributed by atoms with E-state index in [0.29, 0.717) is 11.3 Å². The summed E-state index contributed by atoms with van der Waals surface area (Å²) in [6.07, 6.45) is 2.15. The van der Waals surface area contributed by atoms with Crippen LogP contribution in [0.25, 0.3) is 0 Å². The number of aryl methyl sites for hydroxylation is 1. The summed E-state index contributed by atoms with van der Waals surface area (Å²) in [6.45, 7) is 2.19. The second-order valence-electron chi connectivity index (χ2n) is 4.59. The minimum absolute atomic E-state index is 0.0104. The quantitative estimate of drug-likeness (QED) is 0.719. The fourth-order valence-electron chi connectivity index (χ4n) is 1.93. The Bertz CT molecular complexity index is 576. The number of benzene rings is 2. The number of ether oxygens (including phenoxy) is 1. The van der Waals surface area contributed by atoms with Crippen LogP contribution in [0.3, 0.4) is 0 Å². The average molecular weight is 333 g/mol. The smallest absolute Gasteiger partial charge is 0.200 e. The first-order valence-electron chi connectivity index (χ1n) is 6.70. The van der Waals surface area contributed by atoms with E-state index in [1.807, 2.05) is 48.5 Å². The van der Waals surface area contributed by atoms with Gasteiger partial charge in [-0.05, 0) is 40.0 Å². The molecule has 2 nitrogen and oxygen atoms in total. The monoisotopic (exact) mass is 332 g/mol. The number of para-hydroxylation sites is 1. The second kappa shape index (κ2) is 7.25. The van der Waals surface area contributed by atoms with E-state index in [1.54, 1.807) is 0 Å². The summed E-state index contributed by atoms with van der Waals surface area (Å²) >= 11 is 3.39. The molecule has 0 heterocycles. The van der Waals surface area contributed by atoms with Crippen LogP contribution in [0.2, 0.25) is 0 Å². The van der Waals surface area contributed by atoms with E-state index < -0.39 is 0 Å². The van der Waals surface area contributed by atoms with Crippen LogP contribution in [-0.2, 0) is 6.42 Å². The SMILES string of the molecule is CCCc1ccc(C(=O)COc2ccccc2Br)cc1. The summed E-state index contributed by atoms with van der Waals surface area (Å²) in [5, 5.41) is 0. The van der Waals surface area contributed by atoms with E-state index in [9.17, 15) is 4.79 Å². The highest BCUT2D eigenvalue weighted by molar-refractivity contribution is 9.10. The molecule has 0 aliphatic rings. The molecule has 3 heteroatoms. The van der Waals surface area contributed by atoms with Gasteiger partial charge in [0.25, 0.3) is 0 Å². The summed E-state index contributed by atoms with van der Waals surface area (Å²) in [5.41, 5.74) is 1.95. The van der Waals surface area contributed by atoms with Gasteiger partial charge in [-0.15, -0.1) is 0 Å². The van der Waals surface area contributed by atoms with Gasteiger partial charge >= 0.3 is 0 Å². The summed E-state index contributed by atoms with van der Waals surface area (Å²) < 4.78 is 6.39. The Hall–Kier alpha value is -1.61. The Labute approximate surface area is 127 Å². The van der Waals surface area contributed by atoms with Gasteiger partial charge in [0, 0.05) is 5.56 Å². The van der Waals surface area contributed by atoms with E-state index in [1.165, 1.54) is 5.56 Å². The van der Waals surface area contributed by atoms with Crippen molar-refractivity contribution >= 4 is 21.7 Å². The van der Waals surface area contributed by atoms with Crippen LogP contribution < -0.4 is 4.74 Å². The predicted molar refractivity (Wildman–Crippen MR) is 84.4 cm³/mol. The lowest BCUT2D eigenvalue weighted by Crippen LogP contribution is -2.11. The Kier molecular flexibility index (Phi) is 5.36. The number of rotatable bonds is 6. The number of hydrogen-bond donors (Lipinski definition) is 0. The Morgan fingerprint density at radius 2 is 1.80 bits per heavy atom. The molecule has 20 heavy (non-hydrogen) atoms. The lowest BCUT2D eigenvalue weighted by atomic mass is 10.1. The summed E-state index contributed by atoms with van der Waals surface area (Å²) in [6, 6.07) is 15.3. The average Bonchev–Trinajstić information content (AvgIpc) is 2.47. The van der Waals surface area contributed by atoms with E-state index in [-0.39, 0.29) is 12.4 Å². The van der Waals surface area contributed by atoms with Crippen molar-refractivity contribution in [1.29, 1.82) is 0 Å². The maximum absolute atomic E-state index is 12.1. The minimum Gasteiger partial charge on any atom is -0.484 e. The highest BCUT2D eigenvalue weighted by Gasteiger charge is 2.08.